The molecule has 0 amide bonds. The summed E-state index contributed by atoms with van der Waals surface area (Å²) >= 11 is 0. The van der Waals surface area contributed by atoms with Gasteiger partial charge in [0.15, 0.2) is 0 Å². The van der Waals surface area contributed by atoms with E-state index in [0.717, 1.165) is 53.9 Å². The number of aryl methyl sites for hydroxylation is 1. The van der Waals surface area contributed by atoms with Gasteiger partial charge in [-0.2, -0.15) is 0 Å². The minimum atomic E-state index is 0.702. The summed E-state index contributed by atoms with van der Waals surface area (Å²) < 4.78 is 5.88. The van der Waals surface area contributed by atoms with Gasteiger partial charge >= 0.3 is 0 Å². The Hall–Kier alpha value is -1.31. The molecule has 1 aromatic carbocycles. The third-order valence-corrected chi connectivity index (χ3v) is 6.51. The molecule has 0 spiro atoms. The molecule has 0 N–H and O–H groups in total. The molecule has 0 aromatic heterocycles. The first-order chi connectivity index (χ1) is 14.3. The largest absolute Gasteiger partial charge is 0.494 e. The Labute approximate surface area is 187 Å². The topological polar surface area (TPSA) is 26.3 Å². The third-order valence-electron chi connectivity index (χ3n) is 6.51. The number of carbonyl (C=O) groups excluding carboxylic acids is 1. The lowest BCUT2D eigenvalue weighted by Crippen LogP contribution is -2.06. The first-order valence-electron chi connectivity index (χ1n) is 12.5. The van der Waals surface area contributed by atoms with Crippen molar-refractivity contribution in [2.24, 2.45) is 23.7 Å². The van der Waals surface area contributed by atoms with Gasteiger partial charge in [-0.25, -0.2) is 0 Å². The summed E-state index contributed by atoms with van der Waals surface area (Å²) in [6.45, 7) is 14.6. The summed E-state index contributed by atoms with van der Waals surface area (Å²) in [5.41, 5.74) is 1.72. The maximum atomic E-state index is 10.9. The Balaban J connectivity index is 2.06. The van der Waals surface area contributed by atoms with Crippen molar-refractivity contribution in [3.05, 3.63) is 29.3 Å². The quantitative estimate of drug-likeness (QED) is 0.237. The fourth-order valence-corrected chi connectivity index (χ4v) is 4.19. The van der Waals surface area contributed by atoms with Crippen LogP contribution in [0.15, 0.2) is 18.2 Å². The van der Waals surface area contributed by atoms with Gasteiger partial charge in [0, 0.05) is 5.56 Å². The summed E-state index contributed by atoms with van der Waals surface area (Å²) in [6.07, 6.45) is 14.4. The highest BCUT2D eigenvalue weighted by atomic mass is 16.5. The summed E-state index contributed by atoms with van der Waals surface area (Å²) in [4.78, 5) is 10.9. The van der Waals surface area contributed by atoms with E-state index in [4.69, 9.17) is 4.74 Å². The first-order valence-corrected chi connectivity index (χ1v) is 12.5. The van der Waals surface area contributed by atoms with Crippen molar-refractivity contribution < 1.29 is 9.53 Å². The zero-order valence-corrected chi connectivity index (χ0v) is 20.7. The standard InChI is InChI=1S/C28H48O2/c1-22(2)10-7-11-23(3)12-8-13-24(4)14-9-15-25(5)18-19-30-28-17-16-27(21-29)26(6)20-28/h16-17,20-25H,7-15,18-19H2,1-6H3/t23-,24-,25?/m1/s1. The van der Waals surface area contributed by atoms with E-state index >= 15 is 0 Å². The molecule has 1 aromatic rings. The molecule has 2 nitrogen and oxygen atoms in total. The maximum Gasteiger partial charge on any atom is 0.150 e. The molecule has 0 aliphatic carbocycles. The van der Waals surface area contributed by atoms with Crippen LogP contribution < -0.4 is 4.74 Å². The molecular formula is C28H48O2. The van der Waals surface area contributed by atoms with Crippen molar-refractivity contribution in [2.45, 2.75) is 106 Å². The van der Waals surface area contributed by atoms with E-state index in [1.807, 2.05) is 25.1 Å². The van der Waals surface area contributed by atoms with Gasteiger partial charge in [0.2, 0.25) is 0 Å². The van der Waals surface area contributed by atoms with Crippen LogP contribution in [0.2, 0.25) is 0 Å². The van der Waals surface area contributed by atoms with E-state index in [0.29, 0.717) is 5.92 Å². The summed E-state index contributed by atoms with van der Waals surface area (Å²) in [5, 5.41) is 0. The first kappa shape index (κ1) is 26.7. The van der Waals surface area contributed by atoms with E-state index in [1.165, 1.54) is 57.8 Å². The Morgan fingerprint density at radius 3 is 1.73 bits per heavy atom. The molecule has 0 aliphatic heterocycles. The SMILES string of the molecule is Cc1cc(OCCC(C)CCC[C@H](C)CCC[C@H](C)CCCC(C)C)ccc1C=O. The Morgan fingerprint density at radius 2 is 1.27 bits per heavy atom. The van der Waals surface area contributed by atoms with Gasteiger partial charge < -0.3 is 4.74 Å². The number of benzene rings is 1. The van der Waals surface area contributed by atoms with Gasteiger partial charge in [0.1, 0.15) is 12.0 Å². The molecule has 0 saturated heterocycles. The normalized spacial score (nSPS) is 14.5. The smallest absolute Gasteiger partial charge is 0.150 e. The Kier molecular flexibility index (Phi) is 13.8. The number of rotatable bonds is 17. The summed E-state index contributed by atoms with van der Waals surface area (Å²) in [6, 6.07) is 5.70. The second-order valence-corrected chi connectivity index (χ2v) is 10.3. The van der Waals surface area contributed by atoms with Crippen LogP contribution in [0, 0.1) is 30.6 Å². The highest BCUT2D eigenvalue weighted by Crippen LogP contribution is 2.23. The second kappa shape index (κ2) is 15.5. The predicted octanol–water partition coefficient (Wildman–Crippen LogP) is 8.65. The monoisotopic (exact) mass is 416 g/mol. The van der Waals surface area contributed by atoms with E-state index < -0.39 is 0 Å². The van der Waals surface area contributed by atoms with Gasteiger partial charge in [-0.05, 0) is 60.8 Å². The Morgan fingerprint density at radius 1 is 0.767 bits per heavy atom. The van der Waals surface area contributed by atoms with Crippen LogP contribution in [0.3, 0.4) is 0 Å². The molecule has 172 valence electrons. The van der Waals surface area contributed by atoms with Crippen molar-refractivity contribution in [2.75, 3.05) is 6.61 Å². The van der Waals surface area contributed by atoms with E-state index in [9.17, 15) is 4.79 Å². The van der Waals surface area contributed by atoms with Crippen LogP contribution in [0.1, 0.15) is 115 Å². The number of hydrogen-bond acceptors (Lipinski definition) is 2. The molecule has 0 heterocycles. The minimum Gasteiger partial charge on any atom is -0.494 e. The molecule has 1 rings (SSSR count). The van der Waals surface area contributed by atoms with Crippen molar-refractivity contribution in [3.63, 3.8) is 0 Å². The molecule has 0 bridgehead atoms. The van der Waals surface area contributed by atoms with E-state index in [1.54, 1.807) is 0 Å². The van der Waals surface area contributed by atoms with Gasteiger partial charge in [0.25, 0.3) is 0 Å². The van der Waals surface area contributed by atoms with Gasteiger partial charge in [-0.3, -0.25) is 4.79 Å². The van der Waals surface area contributed by atoms with E-state index in [-0.39, 0.29) is 0 Å². The average Bonchev–Trinajstić information content (AvgIpc) is 2.68. The van der Waals surface area contributed by atoms with Gasteiger partial charge in [-0.15, -0.1) is 0 Å². The molecule has 3 atom stereocenters. The lowest BCUT2D eigenvalue weighted by atomic mass is 9.91. The number of carbonyl (C=O) groups is 1. The third kappa shape index (κ3) is 12.4. The number of ether oxygens (including phenoxy) is 1. The molecule has 1 unspecified atom stereocenters. The zero-order chi connectivity index (χ0) is 22.4. The molecule has 2 heteroatoms. The zero-order valence-electron chi connectivity index (χ0n) is 20.7. The maximum absolute atomic E-state index is 10.9. The van der Waals surface area contributed by atoms with Crippen LogP contribution in [0.5, 0.6) is 5.75 Å². The van der Waals surface area contributed by atoms with Crippen LogP contribution in [-0.4, -0.2) is 12.9 Å². The van der Waals surface area contributed by atoms with Crippen molar-refractivity contribution in [3.8, 4) is 5.75 Å². The van der Waals surface area contributed by atoms with Crippen LogP contribution in [-0.2, 0) is 0 Å². The van der Waals surface area contributed by atoms with Gasteiger partial charge in [0.05, 0.1) is 6.61 Å². The summed E-state index contributed by atoms with van der Waals surface area (Å²) in [7, 11) is 0. The highest BCUT2D eigenvalue weighted by Gasteiger charge is 2.09. The lowest BCUT2D eigenvalue weighted by molar-refractivity contribution is 0.112. The molecule has 30 heavy (non-hydrogen) atoms. The number of hydrogen-bond donors (Lipinski definition) is 0. The molecule has 0 saturated carbocycles. The van der Waals surface area contributed by atoms with Crippen LogP contribution in [0.4, 0.5) is 0 Å². The molecule has 0 aliphatic rings. The fourth-order valence-electron chi connectivity index (χ4n) is 4.19. The van der Waals surface area contributed by atoms with Crippen molar-refractivity contribution in [1.29, 1.82) is 0 Å². The second-order valence-electron chi connectivity index (χ2n) is 10.3. The van der Waals surface area contributed by atoms with Crippen molar-refractivity contribution in [1.82, 2.24) is 0 Å². The lowest BCUT2D eigenvalue weighted by Gasteiger charge is -2.16. The van der Waals surface area contributed by atoms with Crippen molar-refractivity contribution >= 4 is 6.29 Å². The summed E-state index contributed by atoms with van der Waals surface area (Å²) in [5.74, 6) is 4.18. The van der Waals surface area contributed by atoms with Gasteiger partial charge in [-0.1, -0.05) is 92.4 Å². The average molecular weight is 417 g/mol. The van der Waals surface area contributed by atoms with Crippen LogP contribution >= 0.6 is 0 Å². The molecular weight excluding hydrogens is 368 g/mol. The fraction of sp³-hybridized carbons (Fsp3) is 0.750. The highest BCUT2D eigenvalue weighted by molar-refractivity contribution is 5.77. The molecule has 0 radical (unpaired) electrons. The molecule has 0 fully saturated rings. The minimum absolute atomic E-state index is 0.702. The number of aldehydes is 1. The van der Waals surface area contributed by atoms with Crippen LogP contribution in [0.25, 0.3) is 0 Å². The Bertz CT molecular complexity index is 578. The predicted molar refractivity (Wildman–Crippen MR) is 131 cm³/mol. The van der Waals surface area contributed by atoms with E-state index in [2.05, 4.69) is 34.6 Å².